The number of para-hydroxylation sites is 1. The van der Waals surface area contributed by atoms with Gasteiger partial charge in [0.2, 0.25) is 0 Å². The van der Waals surface area contributed by atoms with E-state index in [4.69, 9.17) is 0 Å². The Morgan fingerprint density at radius 3 is 1.50 bits per heavy atom. The maximum absolute atomic E-state index is 3.14. The normalized spacial score (nSPS) is 23.6. The van der Waals surface area contributed by atoms with Crippen molar-refractivity contribution in [2.24, 2.45) is 11.8 Å². The van der Waals surface area contributed by atoms with Gasteiger partial charge in [-0.25, -0.2) is 0 Å². The number of rotatable bonds is 12. The van der Waals surface area contributed by atoms with Crippen molar-refractivity contribution in [1.82, 2.24) is 18.7 Å². The van der Waals surface area contributed by atoms with Crippen LogP contribution in [0.2, 0.25) is 0 Å². The fourth-order valence-corrected chi connectivity index (χ4v) is 28.7. The zero-order valence-corrected chi connectivity index (χ0v) is 37.6. The van der Waals surface area contributed by atoms with Crippen molar-refractivity contribution >= 4 is 40.6 Å². The van der Waals surface area contributed by atoms with Crippen LogP contribution in [0.3, 0.4) is 0 Å². The van der Waals surface area contributed by atoms with E-state index >= 15 is 0 Å². The molecule has 2 aliphatic heterocycles. The standard InChI is InChI=1S/C40H71GeN5P2/c1-25(2)35-18-17-19-36(26(3)4)38(35)44-37-33-20-21-34(24-33)39(37)48(42(27(5)6)22-23-43(48)28(7)8)40(41-44)47(45(29(9)10)30(11)12)46(31(13)14)32(15)16/h17-19,25-34H,20-24H2,1-16H3/t33-,34+/m1/s1. The molecule has 2 aliphatic carbocycles. The molecule has 2 fully saturated rings. The summed E-state index contributed by atoms with van der Waals surface area (Å²) in [5.41, 5.74) is 6.58. The Hall–Kier alpha value is -0.127. The van der Waals surface area contributed by atoms with Crippen LogP contribution in [0, 0.1) is 11.8 Å². The molecule has 8 heteroatoms. The van der Waals surface area contributed by atoms with E-state index < -0.39 is 31.1 Å². The Balaban J connectivity index is 2.01. The summed E-state index contributed by atoms with van der Waals surface area (Å²) in [6, 6.07) is 10.3. The summed E-state index contributed by atoms with van der Waals surface area (Å²) >= 11 is -0.713. The third-order valence-corrected chi connectivity index (χ3v) is 26.6. The molecule has 1 aromatic carbocycles. The van der Waals surface area contributed by atoms with Crippen molar-refractivity contribution in [2.75, 3.05) is 16.9 Å². The van der Waals surface area contributed by atoms with Crippen LogP contribution in [0.4, 0.5) is 5.69 Å². The molecular weight excluding hydrogens is 685 g/mol. The zero-order chi connectivity index (χ0) is 35.6. The molecule has 0 N–H and O–H groups in total. The van der Waals surface area contributed by atoms with E-state index in [0.29, 0.717) is 48.1 Å². The summed E-state index contributed by atoms with van der Waals surface area (Å²) in [4.78, 5) is 0. The van der Waals surface area contributed by atoms with Gasteiger partial charge >= 0.3 is 307 Å². The molecule has 2 bridgehead atoms. The van der Waals surface area contributed by atoms with Gasteiger partial charge in [-0.3, -0.25) is 0 Å². The predicted molar refractivity (Wildman–Crippen MR) is 217 cm³/mol. The molecule has 1 spiro atoms. The van der Waals surface area contributed by atoms with E-state index in [2.05, 4.69) is 152 Å². The third kappa shape index (κ3) is 6.43. The van der Waals surface area contributed by atoms with Gasteiger partial charge in [0, 0.05) is 0 Å². The molecule has 0 unspecified atom stereocenters. The average Bonchev–Trinajstić information content (AvgIpc) is 3.70. The van der Waals surface area contributed by atoms with E-state index in [1.54, 1.807) is 16.8 Å². The number of nitrogens with zero attached hydrogens (tertiary/aromatic N) is 5. The number of anilines is 1. The monoisotopic (exact) mass is 757 g/mol. The van der Waals surface area contributed by atoms with Crippen LogP contribution in [0.15, 0.2) is 29.2 Å². The third-order valence-electron chi connectivity index (χ3n) is 11.4. The van der Waals surface area contributed by atoms with Crippen LogP contribution < -0.4 is 3.86 Å². The molecule has 5 rings (SSSR count). The number of hydrogen-bond acceptors (Lipinski definition) is 5. The van der Waals surface area contributed by atoms with E-state index in [-0.39, 0.29) is 0 Å². The number of fused-ring (bicyclic) bond motifs is 5. The van der Waals surface area contributed by atoms with E-state index in [1.165, 1.54) is 32.4 Å². The van der Waals surface area contributed by atoms with Crippen LogP contribution >= 0.6 is 15.4 Å². The van der Waals surface area contributed by atoms with Crippen molar-refractivity contribution in [3.63, 3.8) is 0 Å². The zero-order valence-electron chi connectivity index (χ0n) is 33.7. The summed E-state index contributed by atoms with van der Waals surface area (Å²) in [7, 11) is -2.66. The van der Waals surface area contributed by atoms with Crippen LogP contribution in [-0.2, 0) is 0 Å². The molecule has 5 nitrogen and oxygen atoms in total. The molecule has 1 saturated heterocycles. The molecule has 2 atom stereocenters. The number of benzene rings is 1. The number of hydrogen-bond donors (Lipinski definition) is 0. The second kappa shape index (κ2) is 15.1. The van der Waals surface area contributed by atoms with Gasteiger partial charge in [-0.05, 0) is 0 Å². The minimum atomic E-state index is -1.97. The quantitative estimate of drug-likeness (QED) is 0.156. The predicted octanol–water partition coefficient (Wildman–Crippen LogP) is 10.9. The molecular formula is C40H71GeN5P2. The maximum atomic E-state index is 3.14. The molecule has 4 aliphatic rings. The van der Waals surface area contributed by atoms with Gasteiger partial charge in [0.1, 0.15) is 0 Å². The summed E-state index contributed by atoms with van der Waals surface area (Å²) in [5, 5.41) is 1.95. The molecule has 2 heterocycles. The van der Waals surface area contributed by atoms with Crippen molar-refractivity contribution in [3.8, 4) is 0 Å². The van der Waals surface area contributed by atoms with Crippen molar-refractivity contribution < 1.29 is 0 Å². The molecule has 1 saturated carbocycles. The topological polar surface area (TPSA) is 16.2 Å². The molecule has 0 amide bonds. The number of allylic oxidation sites excluding steroid dienone is 2. The van der Waals surface area contributed by atoms with Crippen LogP contribution in [0.5, 0.6) is 0 Å². The van der Waals surface area contributed by atoms with E-state index in [1.807, 2.05) is 14.9 Å². The van der Waals surface area contributed by atoms with Gasteiger partial charge in [0.05, 0.1) is 0 Å². The molecule has 48 heavy (non-hydrogen) atoms. The summed E-state index contributed by atoms with van der Waals surface area (Å²) in [6.07, 6.45) is 4.16. The molecule has 270 valence electrons. The van der Waals surface area contributed by atoms with Crippen LogP contribution in [-0.4, -0.2) is 87.5 Å². The van der Waals surface area contributed by atoms with Crippen molar-refractivity contribution in [2.45, 2.75) is 178 Å². The average molecular weight is 757 g/mol. The van der Waals surface area contributed by atoms with Gasteiger partial charge in [-0.2, -0.15) is 0 Å². The summed E-state index contributed by atoms with van der Waals surface area (Å²) < 4.78 is 17.4. The van der Waals surface area contributed by atoms with Gasteiger partial charge in [0.15, 0.2) is 0 Å². The molecule has 0 aromatic heterocycles. The second-order valence-electron chi connectivity index (χ2n) is 17.4. The first-order chi connectivity index (χ1) is 22.5. The van der Waals surface area contributed by atoms with Gasteiger partial charge < -0.3 is 0 Å². The van der Waals surface area contributed by atoms with Gasteiger partial charge in [-0.15, -0.1) is 0 Å². The molecule has 1 aromatic rings. The fourth-order valence-electron chi connectivity index (χ4n) is 9.82. The van der Waals surface area contributed by atoms with Crippen molar-refractivity contribution in [1.29, 1.82) is 0 Å². The first-order valence-electron chi connectivity index (χ1n) is 19.6. The Kier molecular flexibility index (Phi) is 12.3. The van der Waals surface area contributed by atoms with Gasteiger partial charge in [-0.1, -0.05) is 0 Å². The first-order valence-corrected chi connectivity index (χ1v) is 24.5. The Morgan fingerprint density at radius 2 is 1.10 bits per heavy atom. The second-order valence-corrected chi connectivity index (χ2v) is 27.1. The Labute approximate surface area is 305 Å². The fraction of sp³-hybridized carbons (Fsp3) is 0.775. The van der Waals surface area contributed by atoms with E-state index in [0.717, 1.165) is 11.8 Å². The first kappa shape index (κ1) is 39.1. The Morgan fingerprint density at radius 1 is 0.667 bits per heavy atom. The summed E-state index contributed by atoms with van der Waals surface area (Å²) in [5.74, 6) is 2.45. The minimum absolute atomic E-state index is 0.482. The SMILES string of the molecule is CC(C)c1cccc(C(C)C)c1[N]1[Ge][C](P(N(C(C)C)C(C)C)N(C(C)C)C(C)C)=P2(C3=C1[C@@H]1CC[C@H]3C1)N(C(C)C)CCN2C(C)C. The van der Waals surface area contributed by atoms with Gasteiger partial charge in [0.25, 0.3) is 0 Å². The van der Waals surface area contributed by atoms with E-state index in [9.17, 15) is 0 Å². The molecule has 2 radical (unpaired) electrons. The van der Waals surface area contributed by atoms with Crippen LogP contribution in [0.25, 0.3) is 0 Å². The van der Waals surface area contributed by atoms with Crippen LogP contribution in [0.1, 0.15) is 153 Å². The van der Waals surface area contributed by atoms with Crippen molar-refractivity contribution in [3.05, 3.63) is 40.3 Å². The Bertz CT molecular complexity index is 1310. The summed E-state index contributed by atoms with van der Waals surface area (Å²) in [6.45, 7) is 42.2.